The monoisotopic (exact) mass is 223 g/mol. The van der Waals surface area contributed by atoms with Crippen LogP contribution in [0, 0.1) is 0 Å². The Labute approximate surface area is 84.8 Å². The number of halogens is 3. The Morgan fingerprint density at radius 3 is 2.80 bits per heavy atom. The molecule has 1 aromatic rings. The van der Waals surface area contributed by atoms with E-state index >= 15 is 0 Å². The Hall–Kier alpha value is -1.08. The van der Waals surface area contributed by atoms with Crippen molar-refractivity contribution in [3.8, 4) is 0 Å². The highest BCUT2D eigenvalue weighted by Gasteiger charge is 2.27. The van der Waals surface area contributed by atoms with E-state index in [1.54, 1.807) is 17.0 Å². The van der Waals surface area contributed by atoms with Crippen LogP contribution in [0.5, 0.6) is 0 Å². The molecule has 0 aliphatic heterocycles. The van der Waals surface area contributed by atoms with Crippen LogP contribution in [-0.2, 0) is 17.8 Å². The molecular weight excluding hydrogens is 211 g/mol. The molecular formula is C8H12F3N3O. The second-order valence-corrected chi connectivity index (χ2v) is 2.91. The maximum atomic E-state index is 11.7. The van der Waals surface area contributed by atoms with Crippen LogP contribution < -0.4 is 5.73 Å². The number of hydrogen-bond acceptors (Lipinski definition) is 3. The summed E-state index contributed by atoms with van der Waals surface area (Å²) in [6.07, 6.45) is -1.07. The van der Waals surface area contributed by atoms with Crippen LogP contribution >= 0.6 is 0 Å². The summed E-state index contributed by atoms with van der Waals surface area (Å²) in [5.74, 6) is 0.630. The third-order valence-electron chi connectivity index (χ3n) is 1.73. The van der Waals surface area contributed by atoms with Gasteiger partial charge in [-0.3, -0.25) is 0 Å². The number of rotatable bonds is 5. The molecule has 86 valence electrons. The van der Waals surface area contributed by atoms with Crippen molar-refractivity contribution >= 4 is 0 Å². The van der Waals surface area contributed by atoms with Gasteiger partial charge in [0, 0.05) is 18.9 Å². The zero-order valence-electron chi connectivity index (χ0n) is 8.00. The SMILES string of the molecule is NCc1nccn1CCOCC(F)(F)F. The molecule has 7 heteroatoms. The molecule has 4 nitrogen and oxygen atoms in total. The zero-order valence-corrected chi connectivity index (χ0v) is 8.00. The Balaban J connectivity index is 2.26. The smallest absolute Gasteiger partial charge is 0.370 e. The molecule has 0 saturated carbocycles. The van der Waals surface area contributed by atoms with E-state index in [0.29, 0.717) is 12.4 Å². The van der Waals surface area contributed by atoms with E-state index in [1.165, 1.54) is 0 Å². The van der Waals surface area contributed by atoms with Crippen LogP contribution in [0.25, 0.3) is 0 Å². The topological polar surface area (TPSA) is 53.1 Å². The van der Waals surface area contributed by atoms with E-state index in [9.17, 15) is 13.2 Å². The molecule has 0 unspecified atom stereocenters. The molecule has 0 aromatic carbocycles. The average Bonchev–Trinajstić information content (AvgIpc) is 2.58. The first-order chi connectivity index (χ1) is 7.03. The van der Waals surface area contributed by atoms with E-state index in [4.69, 9.17) is 5.73 Å². The lowest BCUT2D eigenvalue weighted by molar-refractivity contribution is -0.174. The van der Waals surface area contributed by atoms with Crippen molar-refractivity contribution in [3.63, 3.8) is 0 Å². The molecule has 1 heterocycles. The summed E-state index contributed by atoms with van der Waals surface area (Å²) >= 11 is 0. The number of nitrogens with two attached hydrogens (primary N) is 1. The third-order valence-corrected chi connectivity index (χ3v) is 1.73. The van der Waals surface area contributed by atoms with Gasteiger partial charge in [0.1, 0.15) is 12.4 Å². The number of imidazole rings is 1. The van der Waals surface area contributed by atoms with Crippen LogP contribution in [0.3, 0.4) is 0 Å². The molecule has 0 saturated heterocycles. The van der Waals surface area contributed by atoms with Crippen molar-refractivity contribution in [3.05, 3.63) is 18.2 Å². The van der Waals surface area contributed by atoms with Gasteiger partial charge < -0.3 is 15.0 Å². The van der Waals surface area contributed by atoms with Gasteiger partial charge in [0.2, 0.25) is 0 Å². The number of ether oxygens (including phenoxy) is 1. The van der Waals surface area contributed by atoms with Crippen molar-refractivity contribution in [1.29, 1.82) is 0 Å². The van der Waals surface area contributed by atoms with E-state index in [1.807, 2.05) is 0 Å². The molecule has 0 amide bonds. The third kappa shape index (κ3) is 4.30. The maximum absolute atomic E-state index is 11.7. The lowest BCUT2D eigenvalue weighted by Gasteiger charge is -2.09. The van der Waals surface area contributed by atoms with E-state index in [-0.39, 0.29) is 13.2 Å². The molecule has 0 bridgehead atoms. The summed E-state index contributed by atoms with van der Waals surface area (Å²) in [6, 6.07) is 0. The van der Waals surface area contributed by atoms with Gasteiger partial charge >= 0.3 is 6.18 Å². The molecule has 0 atom stereocenters. The fraction of sp³-hybridized carbons (Fsp3) is 0.625. The van der Waals surface area contributed by atoms with Gasteiger partial charge in [-0.2, -0.15) is 13.2 Å². The highest BCUT2D eigenvalue weighted by molar-refractivity contribution is 4.90. The maximum Gasteiger partial charge on any atom is 0.411 e. The van der Waals surface area contributed by atoms with E-state index < -0.39 is 12.8 Å². The molecule has 1 rings (SSSR count). The minimum atomic E-state index is -4.27. The standard InChI is InChI=1S/C8H12F3N3O/c9-8(10,11)6-15-4-3-14-2-1-13-7(14)5-12/h1-2H,3-6,12H2. The molecule has 0 spiro atoms. The quantitative estimate of drug-likeness (QED) is 0.755. The average molecular weight is 223 g/mol. The van der Waals surface area contributed by atoms with Gasteiger partial charge in [-0.05, 0) is 0 Å². The van der Waals surface area contributed by atoms with Crippen LogP contribution in [0.15, 0.2) is 12.4 Å². The minimum absolute atomic E-state index is 0.0110. The van der Waals surface area contributed by atoms with Gasteiger partial charge in [0.25, 0.3) is 0 Å². The van der Waals surface area contributed by atoms with Gasteiger partial charge in [0.15, 0.2) is 0 Å². The number of alkyl halides is 3. The second kappa shape index (κ2) is 5.13. The highest BCUT2D eigenvalue weighted by Crippen LogP contribution is 2.14. The summed E-state index contributed by atoms with van der Waals surface area (Å²) in [4.78, 5) is 3.92. The summed E-state index contributed by atoms with van der Waals surface area (Å²) in [5, 5.41) is 0. The Bertz CT molecular complexity index is 298. The lowest BCUT2D eigenvalue weighted by atomic mass is 10.5. The molecule has 0 aliphatic carbocycles. The highest BCUT2D eigenvalue weighted by atomic mass is 19.4. The van der Waals surface area contributed by atoms with E-state index in [0.717, 1.165) is 0 Å². The first kappa shape index (κ1) is 12.0. The second-order valence-electron chi connectivity index (χ2n) is 2.91. The molecule has 2 N–H and O–H groups in total. The molecule has 1 aromatic heterocycles. The van der Waals surface area contributed by atoms with Gasteiger partial charge in [-0.1, -0.05) is 0 Å². The zero-order chi connectivity index (χ0) is 11.3. The number of hydrogen-bond donors (Lipinski definition) is 1. The molecule has 15 heavy (non-hydrogen) atoms. The Kier molecular flexibility index (Phi) is 4.10. The van der Waals surface area contributed by atoms with Crippen LogP contribution in [0.4, 0.5) is 13.2 Å². The van der Waals surface area contributed by atoms with Gasteiger partial charge in [0.05, 0.1) is 13.2 Å². The molecule has 0 radical (unpaired) electrons. The summed E-state index contributed by atoms with van der Waals surface area (Å²) < 4.78 is 41.2. The predicted octanol–water partition coefficient (Wildman–Crippen LogP) is 0.921. The Morgan fingerprint density at radius 1 is 1.47 bits per heavy atom. The first-order valence-electron chi connectivity index (χ1n) is 4.37. The largest absolute Gasteiger partial charge is 0.411 e. The fourth-order valence-electron chi connectivity index (χ4n) is 1.08. The summed E-state index contributed by atoms with van der Waals surface area (Å²) in [5.41, 5.74) is 5.36. The lowest BCUT2D eigenvalue weighted by Crippen LogP contribution is -2.19. The normalized spacial score (nSPS) is 12.0. The van der Waals surface area contributed by atoms with E-state index in [2.05, 4.69) is 9.72 Å². The Morgan fingerprint density at radius 2 is 2.20 bits per heavy atom. The van der Waals surface area contributed by atoms with Crippen molar-refractivity contribution in [2.75, 3.05) is 13.2 Å². The van der Waals surface area contributed by atoms with Gasteiger partial charge in [-0.25, -0.2) is 4.98 Å². The first-order valence-corrected chi connectivity index (χ1v) is 4.37. The fourth-order valence-corrected chi connectivity index (χ4v) is 1.08. The van der Waals surface area contributed by atoms with Crippen molar-refractivity contribution < 1.29 is 17.9 Å². The van der Waals surface area contributed by atoms with Crippen molar-refractivity contribution in [2.45, 2.75) is 19.3 Å². The van der Waals surface area contributed by atoms with Crippen LogP contribution in [0.1, 0.15) is 5.82 Å². The summed E-state index contributed by atoms with van der Waals surface area (Å²) in [6.45, 7) is -0.655. The van der Waals surface area contributed by atoms with Crippen LogP contribution in [0.2, 0.25) is 0 Å². The molecule has 0 fully saturated rings. The predicted molar refractivity (Wildman–Crippen MR) is 47.0 cm³/mol. The summed E-state index contributed by atoms with van der Waals surface area (Å²) in [7, 11) is 0. The van der Waals surface area contributed by atoms with Crippen molar-refractivity contribution in [2.24, 2.45) is 5.73 Å². The number of nitrogens with zero attached hydrogens (tertiary/aromatic N) is 2. The minimum Gasteiger partial charge on any atom is -0.370 e. The molecule has 0 aliphatic rings. The van der Waals surface area contributed by atoms with Gasteiger partial charge in [-0.15, -0.1) is 0 Å². The van der Waals surface area contributed by atoms with Crippen molar-refractivity contribution in [1.82, 2.24) is 9.55 Å². The van der Waals surface area contributed by atoms with Crippen LogP contribution in [-0.4, -0.2) is 28.9 Å². The number of aromatic nitrogens is 2.